The van der Waals surface area contributed by atoms with E-state index in [1.807, 2.05) is 0 Å². The van der Waals surface area contributed by atoms with Crippen molar-refractivity contribution in [3.63, 3.8) is 0 Å². The zero-order valence-corrected chi connectivity index (χ0v) is 15.0. The molecule has 0 spiro atoms. The predicted octanol–water partition coefficient (Wildman–Crippen LogP) is 3.74. The molecule has 2 aromatic carbocycles. The average molecular weight is 423 g/mol. The molecule has 5 nitrogen and oxygen atoms in total. The lowest BCUT2D eigenvalue weighted by Gasteiger charge is -2.13. The van der Waals surface area contributed by atoms with Crippen molar-refractivity contribution >= 4 is 39.3 Å². The first-order chi connectivity index (χ1) is 12.4. The first-order valence-corrected chi connectivity index (χ1v) is 8.57. The van der Waals surface area contributed by atoms with Gasteiger partial charge in [-0.15, -0.1) is 0 Å². The number of amides is 3. The van der Waals surface area contributed by atoms with Gasteiger partial charge in [-0.3, -0.25) is 19.3 Å². The number of nitrogens with zero attached hydrogens (tertiary/aromatic N) is 1. The van der Waals surface area contributed by atoms with Gasteiger partial charge in [-0.2, -0.15) is 0 Å². The van der Waals surface area contributed by atoms with Crippen LogP contribution in [0.5, 0.6) is 0 Å². The number of carbonyl (C=O) groups is 3. The summed E-state index contributed by atoms with van der Waals surface area (Å²) in [7, 11) is 0. The van der Waals surface area contributed by atoms with E-state index < -0.39 is 35.0 Å². The van der Waals surface area contributed by atoms with Crippen molar-refractivity contribution in [2.45, 2.75) is 12.8 Å². The maximum Gasteiger partial charge on any atom is 0.261 e. The van der Waals surface area contributed by atoms with Gasteiger partial charge in [0, 0.05) is 17.4 Å². The molecule has 0 aromatic heterocycles. The molecule has 134 valence electrons. The van der Waals surface area contributed by atoms with Gasteiger partial charge in [0.1, 0.15) is 17.3 Å². The zero-order chi connectivity index (χ0) is 18.8. The minimum Gasteiger partial charge on any atom is -0.321 e. The summed E-state index contributed by atoms with van der Waals surface area (Å²) in [5.41, 5.74) is 0.112. The summed E-state index contributed by atoms with van der Waals surface area (Å²) < 4.78 is 27.7. The number of anilines is 1. The molecule has 8 heteroatoms. The lowest BCUT2D eigenvalue weighted by Crippen LogP contribution is -2.31. The van der Waals surface area contributed by atoms with Crippen LogP contribution in [0, 0.1) is 11.6 Å². The zero-order valence-electron chi connectivity index (χ0n) is 13.4. The molecule has 0 saturated heterocycles. The molecule has 0 aliphatic carbocycles. The second-order valence-corrected chi connectivity index (χ2v) is 6.62. The molecule has 1 N–H and O–H groups in total. The summed E-state index contributed by atoms with van der Waals surface area (Å²) in [6.07, 6.45) is 0.0828. The molecule has 0 radical (unpaired) electrons. The number of carbonyl (C=O) groups excluding carboxylic acids is 3. The highest BCUT2D eigenvalue weighted by atomic mass is 79.9. The number of hydrogen-bond donors (Lipinski definition) is 1. The number of nitrogens with one attached hydrogen (secondary N) is 1. The third-order valence-electron chi connectivity index (χ3n) is 3.95. The fourth-order valence-electron chi connectivity index (χ4n) is 2.68. The van der Waals surface area contributed by atoms with E-state index in [9.17, 15) is 23.2 Å². The van der Waals surface area contributed by atoms with Gasteiger partial charge < -0.3 is 5.32 Å². The maximum absolute atomic E-state index is 13.5. The third kappa shape index (κ3) is 3.50. The molecule has 1 aliphatic heterocycles. The highest BCUT2D eigenvalue weighted by Crippen LogP contribution is 2.26. The van der Waals surface area contributed by atoms with Crippen molar-refractivity contribution in [1.82, 2.24) is 4.90 Å². The van der Waals surface area contributed by atoms with E-state index in [0.29, 0.717) is 15.6 Å². The highest BCUT2D eigenvalue weighted by Gasteiger charge is 2.35. The lowest BCUT2D eigenvalue weighted by atomic mass is 10.1. The molecule has 3 amide bonds. The lowest BCUT2D eigenvalue weighted by molar-refractivity contribution is -0.116. The predicted molar refractivity (Wildman–Crippen MR) is 93.7 cm³/mol. The summed E-state index contributed by atoms with van der Waals surface area (Å²) in [6, 6.07) is 8.08. The number of halogens is 3. The Morgan fingerprint density at radius 1 is 1.04 bits per heavy atom. The Bertz CT molecular complexity index is 897. The van der Waals surface area contributed by atoms with Crippen molar-refractivity contribution in [2.75, 3.05) is 11.9 Å². The summed E-state index contributed by atoms with van der Waals surface area (Å²) in [4.78, 5) is 37.5. The van der Waals surface area contributed by atoms with Gasteiger partial charge in [-0.1, -0.05) is 22.0 Å². The molecule has 2 aromatic rings. The number of imide groups is 1. The smallest absolute Gasteiger partial charge is 0.261 e. The molecule has 0 fully saturated rings. The molecule has 0 bridgehead atoms. The van der Waals surface area contributed by atoms with Crippen LogP contribution < -0.4 is 5.32 Å². The second-order valence-electron chi connectivity index (χ2n) is 5.70. The summed E-state index contributed by atoms with van der Waals surface area (Å²) in [5.74, 6) is -3.19. The highest BCUT2D eigenvalue weighted by molar-refractivity contribution is 9.10. The molecule has 1 aliphatic rings. The molecular formula is C18H13BrF2N2O3. The van der Waals surface area contributed by atoms with Crippen molar-refractivity contribution in [3.8, 4) is 0 Å². The van der Waals surface area contributed by atoms with Gasteiger partial charge >= 0.3 is 0 Å². The summed E-state index contributed by atoms with van der Waals surface area (Å²) in [5, 5.41) is 2.17. The van der Waals surface area contributed by atoms with Crippen LogP contribution in [0.25, 0.3) is 0 Å². The fraction of sp³-hybridized carbons (Fsp3) is 0.167. The Morgan fingerprint density at radius 3 is 2.38 bits per heavy atom. The first kappa shape index (κ1) is 18.2. The third-order valence-corrected chi connectivity index (χ3v) is 4.44. The van der Waals surface area contributed by atoms with Gasteiger partial charge in [0.25, 0.3) is 11.8 Å². The number of rotatable bonds is 5. The first-order valence-electron chi connectivity index (χ1n) is 7.78. The number of benzene rings is 2. The van der Waals surface area contributed by atoms with Crippen molar-refractivity contribution < 1.29 is 23.2 Å². The molecule has 26 heavy (non-hydrogen) atoms. The van der Waals surface area contributed by atoms with Crippen LogP contribution in [-0.4, -0.2) is 29.2 Å². The average Bonchev–Trinajstić information content (AvgIpc) is 2.82. The van der Waals surface area contributed by atoms with Crippen LogP contribution in [0.3, 0.4) is 0 Å². The van der Waals surface area contributed by atoms with Crippen LogP contribution >= 0.6 is 15.9 Å². The number of hydrogen-bond acceptors (Lipinski definition) is 3. The van der Waals surface area contributed by atoms with Crippen molar-refractivity contribution in [3.05, 3.63) is 63.6 Å². The minimum absolute atomic E-state index is 0.0388. The minimum atomic E-state index is -0.871. The Hall–Kier alpha value is -2.61. The van der Waals surface area contributed by atoms with Crippen LogP contribution in [0.1, 0.15) is 33.6 Å². The number of para-hydroxylation sites is 1. The molecule has 1 heterocycles. The Morgan fingerprint density at radius 2 is 1.69 bits per heavy atom. The van der Waals surface area contributed by atoms with E-state index in [0.717, 1.165) is 17.0 Å². The van der Waals surface area contributed by atoms with Crippen LogP contribution in [0.2, 0.25) is 0 Å². The van der Waals surface area contributed by atoms with Gasteiger partial charge in [-0.05, 0) is 36.8 Å². The SMILES string of the molecule is O=C(CCCN1C(=O)c2ccc(Br)cc2C1=O)Nc1c(F)cccc1F. The quantitative estimate of drug-likeness (QED) is 0.746. The Kier molecular flexibility index (Phi) is 5.13. The summed E-state index contributed by atoms with van der Waals surface area (Å²) in [6.45, 7) is 0.0388. The second kappa shape index (κ2) is 7.33. The van der Waals surface area contributed by atoms with Crippen molar-refractivity contribution in [2.24, 2.45) is 0 Å². The van der Waals surface area contributed by atoms with E-state index in [1.54, 1.807) is 18.2 Å². The Labute approximate surface area is 156 Å². The number of fused-ring (bicyclic) bond motifs is 1. The van der Waals surface area contributed by atoms with E-state index >= 15 is 0 Å². The van der Waals surface area contributed by atoms with Crippen LogP contribution in [0.15, 0.2) is 40.9 Å². The molecule has 3 rings (SSSR count). The van der Waals surface area contributed by atoms with E-state index in [-0.39, 0.29) is 19.4 Å². The van der Waals surface area contributed by atoms with Crippen LogP contribution in [0.4, 0.5) is 14.5 Å². The fourth-order valence-corrected chi connectivity index (χ4v) is 3.04. The van der Waals surface area contributed by atoms with Gasteiger partial charge in [0.2, 0.25) is 5.91 Å². The standard InChI is InChI=1S/C18H13BrF2N2O3/c19-10-6-7-11-12(9-10)18(26)23(17(11)25)8-2-5-15(24)22-16-13(20)3-1-4-14(16)21/h1,3-4,6-7,9H,2,5,8H2,(H,22,24). The largest absolute Gasteiger partial charge is 0.321 e. The van der Waals surface area contributed by atoms with E-state index in [1.165, 1.54) is 6.07 Å². The van der Waals surface area contributed by atoms with Crippen LogP contribution in [-0.2, 0) is 4.79 Å². The maximum atomic E-state index is 13.5. The molecule has 0 saturated carbocycles. The molecular weight excluding hydrogens is 410 g/mol. The monoisotopic (exact) mass is 422 g/mol. The van der Waals surface area contributed by atoms with Gasteiger partial charge in [-0.25, -0.2) is 8.78 Å². The van der Waals surface area contributed by atoms with Gasteiger partial charge in [0.15, 0.2) is 0 Å². The van der Waals surface area contributed by atoms with Crippen molar-refractivity contribution in [1.29, 1.82) is 0 Å². The van der Waals surface area contributed by atoms with E-state index in [2.05, 4.69) is 21.2 Å². The normalized spacial score (nSPS) is 13.1. The summed E-state index contributed by atoms with van der Waals surface area (Å²) >= 11 is 3.25. The molecule has 0 atom stereocenters. The van der Waals surface area contributed by atoms with E-state index in [4.69, 9.17) is 0 Å². The topological polar surface area (TPSA) is 66.5 Å². The van der Waals surface area contributed by atoms with Gasteiger partial charge in [0.05, 0.1) is 11.1 Å². The Balaban J connectivity index is 1.58. The molecule has 0 unspecified atom stereocenters.